The molecular formula is C13H21NO2. The molecule has 1 aromatic rings. The molecule has 0 fully saturated rings. The molecule has 0 radical (unpaired) electrons. The lowest BCUT2D eigenvalue weighted by Crippen LogP contribution is -2.28. The quantitative estimate of drug-likeness (QED) is 0.805. The molecule has 3 N–H and O–H groups in total. The van der Waals surface area contributed by atoms with E-state index in [0.29, 0.717) is 0 Å². The molecule has 1 atom stereocenters. The van der Waals surface area contributed by atoms with Crippen LogP contribution < -0.4 is 10.5 Å². The van der Waals surface area contributed by atoms with Crippen molar-refractivity contribution in [1.29, 1.82) is 0 Å². The van der Waals surface area contributed by atoms with Crippen LogP contribution in [0, 0.1) is 0 Å². The molecule has 1 aromatic carbocycles. The van der Waals surface area contributed by atoms with E-state index in [2.05, 4.69) is 0 Å². The van der Waals surface area contributed by atoms with Crippen molar-refractivity contribution in [2.75, 3.05) is 6.61 Å². The second kappa shape index (κ2) is 5.32. The zero-order chi connectivity index (χ0) is 12.2. The summed E-state index contributed by atoms with van der Waals surface area (Å²) in [4.78, 5) is 0. The van der Waals surface area contributed by atoms with Crippen molar-refractivity contribution in [2.24, 2.45) is 5.73 Å². The summed E-state index contributed by atoms with van der Waals surface area (Å²) in [7, 11) is 0. The lowest BCUT2D eigenvalue weighted by Gasteiger charge is -2.21. The third-order valence-electron chi connectivity index (χ3n) is 2.34. The third-order valence-corrected chi connectivity index (χ3v) is 2.34. The molecule has 0 aliphatic carbocycles. The molecule has 3 heteroatoms. The Morgan fingerprint density at radius 2 is 2.00 bits per heavy atom. The van der Waals surface area contributed by atoms with Crippen LogP contribution in [-0.4, -0.2) is 17.3 Å². The van der Waals surface area contributed by atoms with Gasteiger partial charge in [-0.25, -0.2) is 0 Å². The van der Waals surface area contributed by atoms with Gasteiger partial charge in [0.15, 0.2) is 0 Å². The number of para-hydroxylation sites is 1. The van der Waals surface area contributed by atoms with Crippen molar-refractivity contribution in [2.45, 2.75) is 38.8 Å². The molecule has 0 aliphatic heterocycles. The van der Waals surface area contributed by atoms with Crippen LogP contribution in [0.1, 0.15) is 38.8 Å². The van der Waals surface area contributed by atoms with Crippen LogP contribution in [0.15, 0.2) is 24.3 Å². The molecule has 16 heavy (non-hydrogen) atoms. The van der Waals surface area contributed by atoms with E-state index in [4.69, 9.17) is 10.5 Å². The van der Waals surface area contributed by atoms with E-state index in [1.165, 1.54) is 0 Å². The standard InChI is InChI=1S/C13H21NO2/c1-4-11(14)10-7-5-6-8-12(10)16-9-13(2,3)15/h5-8,11,15H,4,9,14H2,1-3H3/t11-/m1/s1. The lowest BCUT2D eigenvalue weighted by atomic mass is 10.0. The molecule has 0 saturated carbocycles. The van der Waals surface area contributed by atoms with Gasteiger partial charge in [-0.3, -0.25) is 0 Å². The first-order chi connectivity index (χ1) is 7.44. The lowest BCUT2D eigenvalue weighted by molar-refractivity contribution is 0.0280. The van der Waals surface area contributed by atoms with E-state index in [0.717, 1.165) is 17.7 Å². The maximum atomic E-state index is 9.61. The molecule has 0 heterocycles. The average Bonchev–Trinajstić information content (AvgIpc) is 2.25. The van der Waals surface area contributed by atoms with Crippen molar-refractivity contribution in [1.82, 2.24) is 0 Å². The van der Waals surface area contributed by atoms with Gasteiger partial charge in [0.05, 0.1) is 5.60 Å². The predicted octanol–water partition coefficient (Wildman–Crippen LogP) is 2.25. The van der Waals surface area contributed by atoms with Crippen molar-refractivity contribution < 1.29 is 9.84 Å². The van der Waals surface area contributed by atoms with Crippen LogP contribution in [0.25, 0.3) is 0 Å². The minimum atomic E-state index is -0.830. The fraction of sp³-hybridized carbons (Fsp3) is 0.538. The van der Waals surface area contributed by atoms with Gasteiger partial charge in [0.1, 0.15) is 12.4 Å². The highest BCUT2D eigenvalue weighted by molar-refractivity contribution is 5.35. The van der Waals surface area contributed by atoms with E-state index < -0.39 is 5.60 Å². The van der Waals surface area contributed by atoms with Gasteiger partial charge in [-0.1, -0.05) is 25.1 Å². The fourth-order valence-electron chi connectivity index (χ4n) is 1.39. The number of hydrogen-bond donors (Lipinski definition) is 2. The Morgan fingerprint density at radius 3 is 2.56 bits per heavy atom. The highest BCUT2D eigenvalue weighted by Gasteiger charge is 2.16. The Hall–Kier alpha value is -1.06. The number of benzene rings is 1. The van der Waals surface area contributed by atoms with E-state index in [-0.39, 0.29) is 12.6 Å². The summed E-state index contributed by atoms with van der Waals surface area (Å²) in [5, 5.41) is 9.61. The molecule has 90 valence electrons. The van der Waals surface area contributed by atoms with Gasteiger partial charge < -0.3 is 15.6 Å². The van der Waals surface area contributed by atoms with Crippen molar-refractivity contribution in [3.63, 3.8) is 0 Å². The first-order valence-electron chi connectivity index (χ1n) is 5.63. The Morgan fingerprint density at radius 1 is 1.38 bits per heavy atom. The molecule has 0 amide bonds. The summed E-state index contributed by atoms with van der Waals surface area (Å²) in [6, 6.07) is 7.69. The summed E-state index contributed by atoms with van der Waals surface area (Å²) in [5.74, 6) is 0.763. The smallest absolute Gasteiger partial charge is 0.124 e. The topological polar surface area (TPSA) is 55.5 Å². The number of nitrogens with two attached hydrogens (primary N) is 1. The minimum Gasteiger partial charge on any atom is -0.490 e. The number of aliphatic hydroxyl groups is 1. The van der Waals surface area contributed by atoms with Crippen molar-refractivity contribution in [3.8, 4) is 5.75 Å². The molecule has 1 rings (SSSR count). The van der Waals surface area contributed by atoms with Crippen LogP contribution in [0.2, 0.25) is 0 Å². The predicted molar refractivity (Wildman–Crippen MR) is 65.5 cm³/mol. The van der Waals surface area contributed by atoms with E-state index in [9.17, 15) is 5.11 Å². The normalized spacial score (nSPS) is 13.6. The zero-order valence-electron chi connectivity index (χ0n) is 10.2. The highest BCUT2D eigenvalue weighted by atomic mass is 16.5. The third kappa shape index (κ3) is 3.83. The first kappa shape index (κ1) is 13.0. The Balaban J connectivity index is 2.79. The molecule has 0 unspecified atom stereocenters. The summed E-state index contributed by atoms with van der Waals surface area (Å²) < 4.78 is 5.59. The minimum absolute atomic E-state index is 0.0157. The van der Waals surface area contributed by atoms with Gasteiger partial charge in [-0.2, -0.15) is 0 Å². The Labute approximate surface area is 97.2 Å². The van der Waals surface area contributed by atoms with Crippen LogP contribution in [0.4, 0.5) is 0 Å². The van der Waals surface area contributed by atoms with Crippen LogP contribution in [0.5, 0.6) is 5.75 Å². The second-order valence-corrected chi connectivity index (χ2v) is 4.65. The second-order valence-electron chi connectivity index (χ2n) is 4.65. The van der Waals surface area contributed by atoms with Gasteiger partial charge in [0, 0.05) is 11.6 Å². The maximum Gasteiger partial charge on any atom is 0.124 e. The maximum absolute atomic E-state index is 9.61. The van der Waals surface area contributed by atoms with Gasteiger partial charge in [0.25, 0.3) is 0 Å². The first-order valence-corrected chi connectivity index (χ1v) is 5.63. The molecule has 0 aliphatic rings. The van der Waals surface area contributed by atoms with Crippen LogP contribution in [-0.2, 0) is 0 Å². The summed E-state index contributed by atoms with van der Waals surface area (Å²) in [6.07, 6.45) is 0.864. The average molecular weight is 223 g/mol. The molecule has 0 spiro atoms. The molecule has 0 aromatic heterocycles. The molecule has 0 bridgehead atoms. The van der Waals surface area contributed by atoms with E-state index >= 15 is 0 Å². The summed E-state index contributed by atoms with van der Waals surface area (Å²) in [5.41, 5.74) is 6.16. The van der Waals surface area contributed by atoms with Crippen LogP contribution >= 0.6 is 0 Å². The van der Waals surface area contributed by atoms with Gasteiger partial charge in [-0.15, -0.1) is 0 Å². The highest BCUT2D eigenvalue weighted by Crippen LogP contribution is 2.25. The number of hydrogen-bond acceptors (Lipinski definition) is 3. The molecular weight excluding hydrogens is 202 g/mol. The van der Waals surface area contributed by atoms with Gasteiger partial charge >= 0.3 is 0 Å². The zero-order valence-corrected chi connectivity index (χ0v) is 10.2. The number of ether oxygens (including phenoxy) is 1. The Kier molecular flexibility index (Phi) is 4.33. The monoisotopic (exact) mass is 223 g/mol. The summed E-state index contributed by atoms with van der Waals surface area (Å²) >= 11 is 0. The van der Waals surface area contributed by atoms with Gasteiger partial charge in [0.2, 0.25) is 0 Å². The van der Waals surface area contributed by atoms with Crippen molar-refractivity contribution >= 4 is 0 Å². The summed E-state index contributed by atoms with van der Waals surface area (Å²) in [6.45, 7) is 5.74. The van der Waals surface area contributed by atoms with Crippen LogP contribution in [0.3, 0.4) is 0 Å². The number of rotatable bonds is 5. The Bertz CT molecular complexity index is 331. The molecule has 0 saturated heterocycles. The van der Waals surface area contributed by atoms with E-state index in [1.807, 2.05) is 31.2 Å². The molecule has 3 nitrogen and oxygen atoms in total. The van der Waals surface area contributed by atoms with Gasteiger partial charge in [-0.05, 0) is 26.3 Å². The fourth-order valence-corrected chi connectivity index (χ4v) is 1.39. The SMILES string of the molecule is CC[C@@H](N)c1ccccc1OCC(C)(C)O. The largest absolute Gasteiger partial charge is 0.490 e. The van der Waals surface area contributed by atoms with E-state index in [1.54, 1.807) is 13.8 Å². The van der Waals surface area contributed by atoms with Crippen molar-refractivity contribution in [3.05, 3.63) is 29.8 Å².